The SMILES string of the molecule is Cl.NCC1(C(=O)NCC(=O)Nc2ccc(F)c(F)c2F)CCOCC1. The third kappa shape index (κ3) is 4.83. The van der Waals surface area contributed by atoms with Crippen molar-refractivity contribution >= 4 is 29.9 Å². The average molecular weight is 382 g/mol. The van der Waals surface area contributed by atoms with Crippen molar-refractivity contribution in [2.24, 2.45) is 11.1 Å². The van der Waals surface area contributed by atoms with Gasteiger partial charge in [0.2, 0.25) is 11.8 Å². The van der Waals surface area contributed by atoms with Gasteiger partial charge >= 0.3 is 0 Å². The fourth-order valence-corrected chi connectivity index (χ4v) is 2.45. The average Bonchev–Trinajstić information content (AvgIpc) is 2.60. The molecule has 2 rings (SSSR count). The van der Waals surface area contributed by atoms with Crippen LogP contribution in [0.1, 0.15) is 12.8 Å². The highest BCUT2D eigenvalue weighted by Crippen LogP contribution is 2.29. The van der Waals surface area contributed by atoms with Gasteiger partial charge in [0.1, 0.15) is 0 Å². The molecule has 2 amide bonds. The molecule has 1 saturated heterocycles. The maximum atomic E-state index is 13.5. The van der Waals surface area contributed by atoms with Gasteiger partial charge in [-0.15, -0.1) is 12.4 Å². The monoisotopic (exact) mass is 381 g/mol. The van der Waals surface area contributed by atoms with Crippen LogP contribution in [0.5, 0.6) is 0 Å². The zero-order valence-electron chi connectivity index (χ0n) is 13.2. The fourth-order valence-electron chi connectivity index (χ4n) is 2.45. The fraction of sp³-hybridized carbons (Fsp3) is 0.467. The van der Waals surface area contributed by atoms with Crippen LogP contribution in [0.15, 0.2) is 12.1 Å². The first-order chi connectivity index (χ1) is 11.4. The third-order valence-electron chi connectivity index (χ3n) is 4.04. The van der Waals surface area contributed by atoms with Crippen molar-refractivity contribution in [3.05, 3.63) is 29.6 Å². The van der Waals surface area contributed by atoms with E-state index in [1.54, 1.807) is 0 Å². The number of carbonyl (C=O) groups is 2. The Bertz CT molecular complexity index is 640. The summed E-state index contributed by atoms with van der Waals surface area (Å²) in [4.78, 5) is 24.0. The van der Waals surface area contributed by atoms with E-state index < -0.39 is 46.9 Å². The van der Waals surface area contributed by atoms with Crippen LogP contribution >= 0.6 is 12.4 Å². The molecule has 0 atom stereocenters. The number of anilines is 1. The van der Waals surface area contributed by atoms with Gasteiger partial charge in [-0.25, -0.2) is 13.2 Å². The zero-order valence-corrected chi connectivity index (χ0v) is 14.1. The van der Waals surface area contributed by atoms with Crippen molar-refractivity contribution in [1.82, 2.24) is 5.32 Å². The second-order valence-electron chi connectivity index (χ2n) is 5.55. The number of amides is 2. The molecule has 1 heterocycles. The molecule has 10 heteroatoms. The summed E-state index contributed by atoms with van der Waals surface area (Å²) in [5.41, 5.74) is 4.37. The molecule has 1 aromatic rings. The van der Waals surface area contributed by atoms with Crippen LogP contribution in [0, 0.1) is 22.9 Å². The lowest BCUT2D eigenvalue weighted by molar-refractivity contribution is -0.137. The largest absolute Gasteiger partial charge is 0.381 e. The maximum Gasteiger partial charge on any atom is 0.243 e. The van der Waals surface area contributed by atoms with E-state index in [2.05, 4.69) is 10.6 Å². The molecule has 6 nitrogen and oxygen atoms in total. The Labute approximate surface area is 148 Å². The van der Waals surface area contributed by atoms with Gasteiger partial charge in [0.05, 0.1) is 17.6 Å². The Balaban J connectivity index is 0.00000312. The maximum absolute atomic E-state index is 13.5. The summed E-state index contributed by atoms with van der Waals surface area (Å²) in [6.07, 6.45) is 0.878. The number of ether oxygens (including phenoxy) is 1. The van der Waals surface area contributed by atoms with Crippen LogP contribution in [0.25, 0.3) is 0 Å². The van der Waals surface area contributed by atoms with Crippen molar-refractivity contribution in [3.8, 4) is 0 Å². The Morgan fingerprint density at radius 3 is 2.40 bits per heavy atom. The number of benzene rings is 1. The van der Waals surface area contributed by atoms with Crippen LogP contribution < -0.4 is 16.4 Å². The number of hydrogen-bond donors (Lipinski definition) is 3. The predicted molar refractivity (Wildman–Crippen MR) is 86.7 cm³/mol. The van der Waals surface area contributed by atoms with Crippen LogP contribution in [0.3, 0.4) is 0 Å². The molecule has 4 N–H and O–H groups in total. The molecule has 0 aromatic heterocycles. The van der Waals surface area contributed by atoms with Crippen molar-refractivity contribution in [2.75, 3.05) is 31.6 Å². The van der Waals surface area contributed by atoms with E-state index in [-0.39, 0.29) is 19.0 Å². The number of rotatable bonds is 5. The van der Waals surface area contributed by atoms with Crippen LogP contribution in [0.4, 0.5) is 18.9 Å². The van der Waals surface area contributed by atoms with E-state index >= 15 is 0 Å². The van der Waals surface area contributed by atoms with E-state index in [1.807, 2.05) is 0 Å². The van der Waals surface area contributed by atoms with Crippen molar-refractivity contribution < 1.29 is 27.5 Å². The summed E-state index contributed by atoms with van der Waals surface area (Å²) in [7, 11) is 0. The first-order valence-electron chi connectivity index (χ1n) is 7.39. The van der Waals surface area contributed by atoms with Gasteiger partial charge in [0.25, 0.3) is 0 Å². The molecular formula is C15H19ClF3N3O3. The summed E-state index contributed by atoms with van der Waals surface area (Å²) in [6, 6.07) is 1.59. The van der Waals surface area contributed by atoms with Gasteiger partial charge in [-0.2, -0.15) is 0 Å². The Kier molecular flexibility index (Phi) is 7.65. The molecule has 1 aliphatic rings. The van der Waals surface area contributed by atoms with Gasteiger partial charge in [-0.3, -0.25) is 9.59 Å². The topological polar surface area (TPSA) is 93.5 Å². The smallest absolute Gasteiger partial charge is 0.243 e. The summed E-state index contributed by atoms with van der Waals surface area (Å²) in [6.45, 7) is 0.468. The number of nitrogens with one attached hydrogen (secondary N) is 2. The van der Waals surface area contributed by atoms with E-state index in [4.69, 9.17) is 10.5 Å². The molecule has 0 radical (unpaired) electrons. The van der Waals surface area contributed by atoms with Gasteiger partial charge in [-0.1, -0.05) is 0 Å². The third-order valence-corrected chi connectivity index (χ3v) is 4.04. The van der Waals surface area contributed by atoms with E-state index in [1.165, 1.54) is 0 Å². The summed E-state index contributed by atoms with van der Waals surface area (Å²) < 4.78 is 44.6. The van der Waals surface area contributed by atoms with Crippen LogP contribution in [-0.2, 0) is 14.3 Å². The summed E-state index contributed by atoms with van der Waals surface area (Å²) in [5, 5.41) is 4.51. The minimum atomic E-state index is -1.68. The molecule has 0 bridgehead atoms. The van der Waals surface area contributed by atoms with Crippen molar-refractivity contribution in [2.45, 2.75) is 12.8 Å². The molecule has 1 aliphatic heterocycles. The summed E-state index contributed by atoms with van der Waals surface area (Å²) in [5.74, 6) is -5.71. The normalized spacial score (nSPS) is 15.8. The Hall–Kier alpha value is -1.84. The predicted octanol–water partition coefficient (Wildman–Crippen LogP) is 1.34. The highest BCUT2D eigenvalue weighted by atomic mass is 35.5. The summed E-state index contributed by atoms with van der Waals surface area (Å²) >= 11 is 0. The number of carbonyl (C=O) groups excluding carboxylic acids is 2. The van der Waals surface area contributed by atoms with E-state index in [0.29, 0.717) is 32.1 Å². The molecule has 1 fully saturated rings. The highest BCUT2D eigenvalue weighted by Gasteiger charge is 2.38. The zero-order chi connectivity index (χ0) is 17.7. The van der Waals surface area contributed by atoms with Crippen molar-refractivity contribution in [3.63, 3.8) is 0 Å². The first kappa shape index (κ1) is 21.2. The van der Waals surface area contributed by atoms with Gasteiger partial charge in [-0.05, 0) is 25.0 Å². The quantitative estimate of drug-likeness (QED) is 0.671. The Morgan fingerprint density at radius 2 is 1.80 bits per heavy atom. The van der Waals surface area contributed by atoms with Gasteiger partial charge < -0.3 is 21.1 Å². The molecule has 140 valence electrons. The highest BCUT2D eigenvalue weighted by molar-refractivity contribution is 5.95. The molecule has 0 spiro atoms. The molecule has 1 aromatic carbocycles. The molecule has 25 heavy (non-hydrogen) atoms. The standard InChI is InChI=1S/C15H18F3N3O3.ClH/c16-9-1-2-10(13(18)12(9)17)21-11(22)7-20-14(23)15(8-19)3-5-24-6-4-15;/h1-2H,3-8,19H2,(H,20,23)(H,21,22);1H. The molecule has 0 saturated carbocycles. The van der Waals surface area contributed by atoms with Gasteiger partial charge in [0.15, 0.2) is 17.5 Å². The van der Waals surface area contributed by atoms with E-state index in [9.17, 15) is 22.8 Å². The minimum absolute atomic E-state index is 0. The number of hydrogen-bond acceptors (Lipinski definition) is 4. The second-order valence-corrected chi connectivity index (χ2v) is 5.55. The van der Waals surface area contributed by atoms with E-state index in [0.717, 1.165) is 6.07 Å². The lowest BCUT2D eigenvalue weighted by Crippen LogP contribution is -2.50. The van der Waals surface area contributed by atoms with Crippen LogP contribution in [0.2, 0.25) is 0 Å². The minimum Gasteiger partial charge on any atom is -0.381 e. The lowest BCUT2D eigenvalue weighted by Gasteiger charge is -2.34. The number of nitrogens with two attached hydrogens (primary N) is 1. The van der Waals surface area contributed by atoms with Crippen LogP contribution in [-0.4, -0.2) is 38.1 Å². The molecule has 0 unspecified atom stereocenters. The first-order valence-corrected chi connectivity index (χ1v) is 7.39. The number of halogens is 4. The second kappa shape index (κ2) is 9.02. The Morgan fingerprint density at radius 1 is 1.16 bits per heavy atom. The van der Waals surface area contributed by atoms with Crippen molar-refractivity contribution in [1.29, 1.82) is 0 Å². The molecule has 0 aliphatic carbocycles. The molecular weight excluding hydrogens is 363 g/mol. The lowest BCUT2D eigenvalue weighted by atomic mass is 9.79. The van der Waals surface area contributed by atoms with Gasteiger partial charge in [0, 0.05) is 19.8 Å².